The summed E-state index contributed by atoms with van der Waals surface area (Å²) in [5.74, 6) is 0.997. The molecule has 4 aliphatic rings. The lowest BCUT2D eigenvalue weighted by atomic mass is 9.59. The SMILES string of the molecule is C[C@@H]1CCC[C@@]2(C)C[C@H]3OC(=O)[C@@H](CN4CCN(Cc5ccccc5)CC4)[C@@H]3C=C12. The van der Waals surface area contributed by atoms with E-state index < -0.39 is 0 Å². The number of hydrogen-bond acceptors (Lipinski definition) is 4. The number of piperazine rings is 1. The molecule has 2 saturated heterocycles. The first kappa shape index (κ1) is 20.3. The molecule has 0 aromatic heterocycles. The third-order valence-corrected chi connectivity index (χ3v) is 8.25. The number of rotatable bonds is 4. The van der Waals surface area contributed by atoms with Crippen molar-refractivity contribution >= 4 is 5.97 Å². The van der Waals surface area contributed by atoms with Crippen LogP contribution in [-0.4, -0.2) is 54.6 Å². The maximum absolute atomic E-state index is 12.8. The highest BCUT2D eigenvalue weighted by Gasteiger charge is 2.52. The van der Waals surface area contributed by atoms with Crippen molar-refractivity contribution in [2.24, 2.45) is 23.2 Å². The van der Waals surface area contributed by atoms with Gasteiger partial charge in [-0.3, -0.25) is 14.6 Å². The molecule has 0 N–H and O–H groups in total. The van der Waals surface area contributed by atoms with Crippen molar-refractivity contribution in [3.05, 3.63) is 47.5 Å². The summed E-state index contributed by atoms with van der Waals surface area (Å²) in [6.45, 7) is 10.9. The number of fused-ring (bicyclic) bond motifs is 2. The quantitative estimate of drug-likeness (QED) is 0.554. The van der Waals surface area contributed by atoms with Gasteiger partial charge >= 0.3 is 5.97 Å². The molecule has 4 nitrogen and oxygen atoms in total. The van der Waals surface area contributed by atoms with E-state index in [0.717, 1.165) is 45.7 Å². The molecule has 5 rings (SSSR count). The second kappa shape index (κ2) is 8.12. The zero-order valence-corrected chi connectivity index (χ0v) is 18.6. The number of benzene rings is 1. The molecule has 0 spiro atoms. The second-order valence-electron chi connectivity index (χ2n) is 10.4. The summed E-state index contributed by atoms with van der Waals surface area (Å²) in [6.07, 6.45) is 7.46. The number of hydrogen-bond donors (Lipinski definition) is 0. The van der Waals surface area contributed by atoms with Crippen LogP contribution in [0.3, 0.4) is 0 Å². The number of carbonyl (C=O) groups is 1. The molecule has 1 aromatic carbocycles. The number of ether oxygens (including phenoxy) is 1. The van der Waals surface area contributed by atoms with Gasteiger partial charge in [0.15, 0.2) is 0 Å². The zero-order valence-electron chi connectivity index (χ0n) is 18.6. The molecular weight excluding hydrogens is 372 g/mol. The topological polar surface area (TPSA) is 32.8 Å². The molecule has 3 fully saturated rings. The third-order valence-electron chi connectivity index (χ3n) is 8.25. The predicted molar refractivity (Wildman–Crippen MR) is 119 cm³/mol. The highest BCUT2D eigenvalue weighted by atomic mass is 16.6. The molecule has 0 bridgehead atoms. The Bertz CT molecular complexity index is 799. The predicted octanol–water partition coefficient (Wildman–Crippen LogP) is 4.12. The Morgan fingerprint density at radius 2 is 1.83 bits per heavy atom. The van der Waals surface area contributed by atoms with Crippen molar-refractivity contribution in [2.45, 2.75) is 52.2 Å². The van der Waals surface area contributed by atoms with Crippen molar-refractivity contribution in [3.63, 3.8) is 0 Å². The first-order chi connectivity index (χ1) is 14.5. The molecule has 162 valence electrons. The number of allylic oxidation sites excluding steroid dienone is 1. The van der Waals surface area contributed by atoms with Crippen LogP contribution >= 0.6 is 0 Å². The largest absolute Gasteiger partial charge is 0.461 e. The highest BCUT2D eigenvalue weighted by Crippen LogP contribution is 2.54. The summed E-state index contributed by atoms with van der Waals surface area (Å²) in [4.78, 5) is 17.8. The molecule has 1 aromatic rings. The van der Waals surface area contributed by atoms with Gasteiger partial charge in [-0.1, -0.05) is 62.2 Å². The molecule has 2 heterocycles. The molecule has 30 heavy (non-hydrogen) atoms. The summed E-state index contributed by atoms with van der Waals surface area (Å²) in [7, 11) is 0. The molecule has 1 saturated carbocycles. The second-order valence-corrected chi connectivity index (χ2v) is 10.4. The van der Waals surface area contributed by atoms with E-state index in [1.54, 1.807) is 5.57 Å². The molecule has 5 atom stereocenters. The van der Waals surface area contributed by atoms with Crippen molar-refractivity contribution in [3.8, 4) is 0 Å². The number of carbonyl (C=O) groups excluding carboxylic acids is 1. The van der Waals surface area contributed by atoms with Crippen LogP contribution in [0.15, 0.2) is 42.0 Å². The first-order valence-electron chi connectivity index (χ1n) is 11.9. The smallest absolute Gasteiger partial charge is 0.311 e. The van der Waals surface area contributed by atoms with Crippen molar-refractivity contribution in [1.82, 2.24) is 9.80 Å². The summed E-state index contributed by atoms with van der Waals surface area (Å²) in [5, 5.41) is 0. The average Bonchev–Trinajstić information content (AvgIpc) is 3.02. The fraction of sp³-hybridized carbons (Fsp3) is 0.654. The number of nitrogens with zero attached hydrogens (tertiary/aromatic N) is 2. The van der Waals surface area contributed by atoms with E-state index in [0.29, 0.717) is 5.92 Å². The molecule has 0 unspecified atom stereocenters. The van der Waals surface area contributed by atoms with Gasteiger partial charge in [0.05, 0.1) is 5.92 Å². The Balaban J connectivity index is 1.22. The van der Waals surface area contributed by atoms with E-state index in [2.05, 4.69) is 60.1 Å². The fourth-order valence-corrected chi connectivity index (χ4v) is 6.51. The van der Waals surface area contributed by atoms with E-state index in [1.807, 2.05) is 0 Å². The van der Waals surface area contributed by atoms with Crippen LogP contribution < -0.4 is 0 Å². The van der Waals surface area contributed by atoms with Crippen LogP contribution in [0.2, 0.25) is 0 Å². The summed E-state index contributed by atoms with van der Waals surface area (Å²) in [6, 6.07) is 10.7. The summed E-state index contributed by atoms with van der Waals surface area (Å²) in [5.41, 5.74) is 3.24. The van der Waals surface area contributed by atoms with Gasteiger partial charge in [0, 0.05) is 45.2 Å². The minimum absolute atomic E-state index is 0.0156. The van der Waals surface area contributed by atoms with Crippen LogP contribution in [0, 0.1) is 23.2 Å². The van der Waals surface area contributed by atoms with E-state index in [-0.39, 0.29) is 29.3 Å². The molecule has 2 aliphatic heterocycles. The van der Waals surface area contributed by atoms with Gasteiger partial charge in [0.25, 0.3) is 0 Å². The maximum atomic E-state index is 12.8. The number of esters is 1. The van der Waals surface area contributed by atoms with Gasteiger partial charge in [-0.15, -0.1) is 0 Å². The minimum Gasteiger partial charge on any atom is -0.461 e. The van der Waals surface area contributed by atoms with Crippen molar-refractivity contribution < 1.29 is 9.53 Å². The van der Waals surface area contributed by atoms with Crippen LogP contribution in [0.5, 0.6) is 0 Å². The Morgan fingerprint density at radius 1 is 1.10 bits per heavy atom. The van der Waals surface area contributed by atoms with Crippen LogP contribution in [0.4, 0.5) is 0 Å². The summed E-state index contributed by atoms with van der Waals surface area (Å²) >= 11 is 0. The summed E-state index contributed by atoms with van der Waals surface area (Å²) < 4.78 is 5.95. The lowest BCUT2D eigenvalue weighted by Gasteiger charge is -2.46. The van der Waals surface area contributed by atoms with Crippen molar-refractivity contribution in [2.75, 3.05) is 32.7 Å². The van der Waals surface area contributed by atoms with Gasteiger partial charge in [-0.2, -0.15) is 0 Å². The van der Waals surface area contributed by atoms with Gasteiger partial charge in [0.1, 0.15) is 6.10 Å². The molecule has 0 amide bonds. The molecular formula is C26H36N2O2. The lowest BCUT2D eigenvalue weighted by molar-refractivity contribution is -0.145. The Labute approximate surface area is 181 Å². The Kier molecular flexibility index (Phi) is 5.49. The molecule has 4 heteroatoms. The highest BCUT2D eigenvalue weighted by molar-refractivity contribution is 5.76. The van der Waals surface area contributed by atoms with E-state index in [9.17, 15) is 4.79 Å². The first-order valence-corrected chi connectivity index (χ1v) is 11.9. The van der Waals surface area contributed by atoms with Gasteiger partial charge in [-0.25, -0.2) is 0 Å². The van der Waals surface area contributed by atoms with Gasteiger partial charge in [0.2, 0.25) is 0 Å². The van der Waals surface area contributed by atoms with E-state index >= 15 is 0 Å². The Hall–Kier alpha value is -1.65. The fourth-order valence-electron chi connectivity index (χ4n) is 6.51. The van der Waals surface area contributed by atoms with Crippen LogP contribution in [0.25, 0.3) is 0 Å². The molecule has 2 aliphatic carbocycles. The minimum atomic E-state index is 0.0156. The van der Waals surface area contributed by atoms with Gasteiger partial charge < -0.3 is 4.74 Å². The van der Waals surface area contributed by atoms with Crippen LogP contribution in [0.1, 0.15) is 45.1 Å². The molecule has 0 radical (unpaired) electrons. The Morgan fingerprint density at radius 3 is 2.60 bits per heavy atom. The average molecular weight is 409 g/mol. The lowest BCUT2D eigenvalue weighted by Crippen LogP contribution is -2.48. The van der Waals surface area contributed by atoms with Gasteiger partial charge in [-0.05, 0) is 36.2 Å². The monoisotopic (exact) mass is 408 g/mol. The zero-order chi connectivity index (χ0) is 20.7. The van der Waals surface area contributed by atoms with Crippen molar-refractivity contribution in [1.29, 1.82) is 0 Å². The normalized spacial score (nSPS) is 37.3. The standard InChI is InChI=1S/C26H36N2O2/c1-19-7-6-10-26(2)16-24-21(15-23(19)26)22(25(29)30-24)18-28-13-11-27(12-14-28)17-20-8-4-3-5-9-20/h3-5,8-9,15,19,21-22,24H,6-7,10-14,16-18H2,1-2H3/t19-,21+,22+,24-,26+/m1/s1. The van der Waals surface area contributed by atoms with Crippen LogP contribution in [-0.2, 0) is 16.1 Å². The maximum Gasteiger partial charge on any atom is 0.311 e. The van der Waals surface area contributed by atoms with E-state index in [1.165, 1.54) is 24.8 Å². The third kappa shape index (κ3) is 3.85. The van der Waals surface area contributed by atoms with E-state index in [4.69, 9.17) is 4.74 Å².